The molecule has 31 heavy (non-hydrogen) atoms. The number of aryl methyl sites for hydroxylation is 2. The van der Waals surface area contributed by atoms with Crippen LogP contribution in [0.1, 0.15) is 30.7 Å². The van der Waals surface area contributed by atoms with Crippen LogP contribution in [0.25, 0.3) is 10.7 Å². The van der Waals surface area contributed by atoms with Gasteiger partial charge >= 0.3 is 0 Å². The van der Waals surface area contributed by atoms with Gasteiger partial charge in [0, 0.05) is 45.4 Å². The SMILES string of the molecule is O=C(CCCc1ccccc1)N1CCN(C(=O)CCc2nc(-c3cccs3)no2)CC1. The molecule has 0 saturated carbocycles. The number of rotatable bonds is 8. The molecule has 0 bridgehead atoms. The summed E-state index contributed by atoms with van der Waals surface area (Å²) in [7, 11) is 0. The Balaban J connectivity index is 1.16. The van der Waals surface area contributed by atoms with E-state index in [2.05, 4.69) is 22.3 Å². The molecule has 3 aromatic rings. The molecule has 2 amide bonds. The summed E-state index contributed by atoms with van der Waals surface area (Å²) in [6.45, 7) is 2.35. The molecule has 7 nitrogen and oxygen atoms in total. The minimum absolute atomic E-state index is 0.0621. The molecular formula is C23H26N4O3S. The number of hydrogen-bond donors (Lipinski definition) is 0. The van der Waals surface area contributed by atoms with Gasteiger partial charge in [-0.2, -0.15) is 4.98 Å². The molecular weight excluding hydrogens is 412 g/mol. The van der Waals surface area contributed by atoms with Crippen LogP contribution in [0.2, 0.25) is 0 Å². The first-order chi connectivity index (χ1) is 15.2. The van der Waals surface area contributed by atoms with Gasteiger partial charge in [0.15, 0.2) is 0 Å². The fourth-order valence-electron chi connectivity index (χ4n) is 3.69. The molecule has 1 aliphatic heterocycles. The lowest BCUT2D eigenvalue weighted by Gasteiger charge is -2.35. The van der Waals surface area contributed by atoms with Crippen LogP contribution in [0.3, 0.4) is 0 Å². The maximum absolute atomic E-state index is 12.5. The summed E-state index contributed by atoms with van der Waals surface area (Å²) in [5.41, 5.74) is 1.26. The highest BCUT2D eigenvalue weighted by atomic mass is 32.1. The third-order valence-electron chi connectivity index (χ3n) is 5.45. The first-order valence-corrected chi connectivity index (χ1v) is 11.5. The van der Waals surface area contributed by atoms with Crippen LogP contribution < -0.4 is 0 Å². The molecule has 8 heteroatoms. The highest BCUT2D eigenvalue weighted by molar-refractivity contribution is 7.13. The lowest BCUT2D eigenvalue weighted by atomic mass is 10.1. The second-order valence-electron chi connectivity index (χ2n) is 7.59. The Bertz CT molecular complexity index is 979. The maximum atomic E-state index is 12.5. The Kier molecular flexibility index (Phi) is 7.09. The number of carbonyl (C=O) groups excluding carboxylic acids is 2. The largest absolute Gasteiger partial charge is 0.339 e. The van der Waals surface area contributed by atoms with E-state index in [0.717, 1.165) is 17.7 Å². The maximum Gasteiger partial charge on any atom is 0.227 e. The Morgan fingerprint density at radius 2 is 1.61 bits per heavy atom. The number of aromatic nitrogens is 2. The van der Waals surface area contributed by atoms with E-state index in [9.17, 15) is 9.59 Å². The highest BCUT2D eigenvalue weighted by Gasteiger charge is 2.24. The van der Waals surface area contributed by atoms with Crippen molar-refractivity contribution in [3.05, 3.63) is 59.3 Å². The van der Waals surface area contributed by atoms with Crippen molar-refractivity contribution in [2.75, 3.05) is 26.2 Å². The van der Waals surface area contributed by atoms with Crippen LogP contribution in [0.15, 0.2) is 52.4 Å². The molecule has 0 spiro atoms. The third kappa shape index (κ3) is 5.79. The van der Waals surface area contributed by atoms with Crippen LogP contribution in [-0.4, -0.2) is 57.9 Å². The molecule has 0 aliphatic carbocycles. The predicted octanol–water partition coefficient (Wildman–Crippen LogP) is 3.42. The normalized spacial score (nSPS) is 14.1. The smallest absolute Gasteiger partial charge is 0.227 e. The lowest BCUT2D eigenvalue weighted by molar-refractivity contribution is -0.139. The van der Waals surface area contributed by atoms with Gasteiger partial charge in [-0.05, 0) is 29.9 Å². The summed E-state index contributed by atoms with van der Waals surface area (Å²) in [6.07, 6.45) is 3.06. The van der Waals surface area contributed by atoms with Gasteiger partial charge in [-0.3, -0.25) is 9.59 Å². The van der Waals surface area contributed by atoms with Crippen molar-refractivity contribution < 1.29 is 14.1 Å². The Labute approximate surface area is 185 Å². The summed E-state index contributed by atoms with van der Waals surface area (Å²) < 4.78 is 5.27. The molecule has 162 valence electrons. The number of benzene rings is 1. The summed E-state index contributed by atoms with van der Waals surface area (Å²) >= 11 is 1.55. The van der Waals surface area contributed by atoms with Crippen molar-refractivity contribution in [3.63, 3.8) is 0 Å². The molecule has 1 aliphatic rings. The molecule has 0 radical (unpaired) electrons. The van der Waals surface area contributed by atoms with E-state index >= 15 is 0 Å². The van der Waals surface area contributed by atoms with E-state index in [0.29, 0.717) is 57.2 Å². The zero-order valence-electron chi connectivity index (χ0n) is 17.4. The highest BCUT2D eigenvalue weighted by Crippen LogP contribution is 2.21. The van der Waals surface area contributed by atoms with Crippen molar-refractivity contribution in [2.24, 2.45) is 0 Å². The van der Waals surface area contributed by atoms with Crippen LogP contribution in [-0.2, 0) is 22.4 Å². The van der Waals surface area contributed by atoms with Gasteiger partial charge in [-0.15, -0.1) is 11.3 Å². The average molecular weight is 439 g/mol. The molecule has 3 heterocycles. The topological polar surface area (TPSA) is 79.5 Å². The average Bonchev–Trinajstić information content (AvgIpc) is 3.50. The second kappa shape index (κ2) is 10.3. The van der Waals surface area contributed by atoms with Crippen LogP contribution in [0.5, 0.6) is 0 Å². The minimum atomic E-state index is 0.0621. The van der Waals surface area contributed by atoms with Gasteiger partial charge in [0.05, 0.1) is 4.88 Å². The summed E-state index contributed by atoms with van der Waals surface area (Å²) in [6, 6.07) is 14.1. The standard InChI is InChI=1S/C23H26N4O3S/c28-21(10-4-8-18-6-2-1-3-7-18)26-13-15-27(16-14-26)22(29)12-11-20-24-23(25-30-20)19-9-5-17-31-19/h1-3,5-7,9,17H,4,8,10-16H2. The fourth-order valence-corrected chi connectivity index (χ4v) is 4.34. The van der Waals surface area contributed by atoms with E-state index in [1.165, 1.54) is 5.56 Å². The van der Waals surface area contributed by atoms with Gasteiger partial charge in [0.25, 0.3) is 0 Å². The number of piperazine rings is 1. The van der Waals surface area contributed by atoms with Crippen molar-refractivity contribution in [3.8, 4) is 10.7 Å². The van der Waals surface area contributed by atoms with Gasteiger partial charge in [-0.25, -0.2) is 0 Å². The zero-order chi connectivity index (χ0) is 21.5. The summed E-state index contributed by atoms with van der Waals surface area (Å²) in [5.74, 6) is 1.28. The first kappa shape index (κ1) is 21.2. The van der Waals surface area contributed by atoms with Crippen molar-refractivity contribution in [1.29, 1.82) is 0 Å². The fraction of sp³-hybridized carbons (Fsp3) is 0.391. The molecule has 0 atom stereocenters. The Morgan fingerprint density at radius 1 is 0.903 bits per heavy atom. The third-order valence-corrected chi connectivity index (χ3v) is 6.31. The van der Waals surface area contributed by atoms with E-state index in [4.69, 9.17) is 4.52 Å². The molecule has 0 unspecified atom stereocenters. The molecule has 4 rings (SSSR count). The molecule has 1 fully saturated rings. The van der Waals surface area contributed by atoms with E-state index in [1.54, 1.807) is 11.3 Å². The first-order valence-electron chi connectivity index (χ1n) is 10.6. The molecule has 0 N–H and O–H groups in total. The van der Waals surface area contributed by atoms with Gasteiger partial charge < -0.3 is 14.3 Å². The number of thiophene rings is 1. The Morgan fingerprint density at radius 3 is 2.29 bits per heavy atom. The molecule has 1 aromatic carbocycles. The summed E-state index contributed by atoms with van der Waals surface area (Å²) in [4.78, 5) is 34.0. The van der Waals surface area contributed by atoms with Crippen LogP contribution >= 0.6 is 11.3 Å². The number of hydrogen-bond acceptors (Lipinski definition) is 6. The van der Waals surface area contributed by atoms with Crippen molar-refractivity contribution in [1.82, 2.24) is 19.9 Å². The monoisotopic (exact) mass is 438 g/mol. The predicted molar refractivity (Wildman–Crippen MR) is 118 cm³/mol. The number of carbonyl (C=O) groups is 2. The minimum Gasteiger partial charge on any atom is -0.339 e. The summed E-state index contributed by atoms with van der Waals surface area (Å²) in [5, 5.41) is 5.94. The van der Waals surface area contributed by atoms with Gasteiger partial charge in [0.2, 0.25) is 23.5 Å². The molecule has 2 aromatic heterocycles. The zero-order valence-corrected chi connectivity index (χ0v) is 18.2. The number of nitrogens with zero attached hydrogens (tertiary/aromatic N) is 4. The lowest BCUT2D eigenvalue weighted by Crippen LogP contribution is -2.50. The Hall–Kier alpha value is -3.00. The van der Waals surface area contributed by atoms with E-state index in [1.807, 2.05) is 45.5 Å². The molecule has 1 saturated heterocycles. The van der Waals surface area contributed by atoms with Gasteiger partial charge in [0.1, 0.15) is 0 Å². The quantitative estimate of drug-likeness (QED) is 0.538. The second-order valence-corrected chi connectivity index (χ2v) is 8.54. The van der Waals surface area contributed by atoms with Crippen molar-refractivity contribution >= 4 is 23.2 Å². The van der Waals surface area contributed by atoms with Gasteiger partial charge in [-0.1, -0.05) is 41.6 Å². The van der Waals surface area contributed by atoms with E-state index in [-0.39, 0.29) is 11.8 Å². The van der Waals surface area contributed by atoms with Crippen LogP contribution in [0.4, 0.5) is 0 Å². The van der Waals surface area contributed by atoms with Crippen LogP contribution in [0, 0.1) is 0 Å². The van der Waals surface area contributed by atoms with Crippen molar-refractivity contribution in [2.45, 2.75) is 32.1 Å². The number of amides is 2. The van der Waals surface area contributed by atoms with E-state index < -0.39 is 0 Å².